The third kappa shape index (κ3) is 6.91. The van der Waals surface area contributed by atoms with E-state index in [2.05, 4.69) is 105 Å². The number of esters is 1. The Morgan fingerprint density at radius 2 is 1.15 bits per heavy atom. The zero-order chi connectivity index (χ0) is 26.7. The Hall–Kier alpha value is -3.56. The summed E-state index contributed by atoms with van der Waals surface area (Å²) in [6, 6.07) is 25.7. The molecule has 0 radical (unpaired) electrons. The van der Waals surface area contributed by atoms with Crippen molar-refractivity contribution >= 4 is 39.5 Å². The maximum atomic E-state index is 10.3. The molecule has 0 aliphatic heterocycles. The minimum Gasteiger partial charge on any atom is -0.469 e. The standard InChI is InChI=1S/C28H24N2.C5H10O2.CH3.Ni/c1-17-11-13-19(3)24(15-17)29-27-22-9-5-7-21-8-6-10-23(26(21)22)28(27)30-25-16-18(2)12-14-20(25)4;1-4(2)5(6)7-3;;/h5-16H,1-4H3;4H,1-3H3;1H3;/q;;-1;. The van der Waals surface area contributed by atoms with E-state index in [-0.39, 0.29) is 35.8 Å². The van der Waals surface area contributed by atoms with Gasteiger partial charge in [-0.15, -0.1) is 0 Å². The predicted molar refractivity (Wildman–Crippen MR) is 161 cm³/mol. The normalized spacial score (nSPS) is 13.5. The zero-order valence-electron chi connectivity index (χ0n) is 24.0. The second-order valence-electron chi connectivity index (χ2n) is 9.89. The van der Waals surface area contributed by atoms with Crippen molar-refractivity contribution in [2.75, 3.05) is 7.11 Å². The van der Waals surface area contributed by atoms with Gasteiger partial charge >= 0.3 is 5.97 Å². The van der Waals surface area contributed by atoms with Crippen LogP contribution in [0.4, 0.5) is 11.4 Å². The molecule has 0 spiro atoms. The average molecular weight is 564 g/mol. The van der Waals surface area contributed by atoms with Crippen LogP contribution < -0.4 is 0 Å². The number of aryl methyl sites for hydroxylation is 4. The van der Waals surface area contributed by atoms with Crippen LogP contribution in [0.25, 0.3) is 10.8 Å². The first kappa shape index (κ1) is 31.7. The van der Waals surface area contributed by atoms with Crippen LogP contribution in [-0.2, 0) is 26.0 Å². The third-order valence-electron chi connectivity index (χ3n) is 6.51. The first-order chi connectivity index (χ1) is 17.7. The summed E-state index contributed by atoms with van der Waals surface area (Å²) < 4.78 is 4.37. The van der Waals surface area contributed by atoms with E-state index in [1.165, 1.54) is 40.1 Å². The van der Waals surface area contributed by atoms with Crippen molar-refractivity contribution in [1.82, 2.24) is 0 Å². The van der Waals surface area contributed by atoms with Crippen molar-refractivity contribution in [3.8, 4) is 0 Å². The number of ether oxygens (including phenoxy) is 1. The summed E-state index contributed by atoms with van der Waals surface area (Å²) in [6.07, 6.45) is 0. The van der Waals surface area contributed by atoms with E-state index in [1.54, 1.807) is 13.8 Å². The summed E-state index contributed by atoms with van der Waals surface area (Å²) in [4.78, 5) is 20.6. The molecule has 39 heavy (non-hydrogen) atoms. The summed E-state index contributed by atoms with van der Waals surface area (Å²) >= 11 is 0. The van der Waals surface area contributed by atoms with Crippen LogP contribution in [-0.4, -0.2) is 24.5 Å². The summed E-state index contributed by atoms with van der Waals surface area (Å²) in [5.74, 6) is -0.148. The van der Waals surface area contributed by atoms with E-state index in [4.69, 9.17) is 9.98 Å². The Morgan fingerprint density at radius 1 is 0.718 bits per heavy atom. The van der Waals surface area contributed by atoms with E-state index in [1.807, 2.05) is 0 Å². The van der Waals surface area contributed by atoms with Crippen molar-refractivity contribution in [2.45, 2.75) is 41.5 Å². The minimum absolute atomic E-state index is 0. The van der Waals surface area contributed by atoms with Crippen LogP contribution in [0.3, 0.4) is 0 Å². The number of benzene rings is 4. The van der Waals surface area contributed by atoms with Crippen LogP contribution in [0, 0.1) is 41.0 Å². The van der Waals surface area contributed by atoms with E-state index in [0.717, 1.165) is 33.9 Å². The third-order valence-corrected chi connectivity index (χ3v) is 6.51. The molecule has 206 valence electrons. The van der Waals surface area contributed by atoms with Crippen molar-refractivity contribution in [1.29, 1.82) is 0 Å². The van der Waals surface area contributed by atoms with Gasteiger partial charge in [0.2, 0.25) is 0 Å². The maximum absolute atomic E-state index is 10.3. The molecular weight excluding hydrogens is 527 g/mol. The fourth-order valence-electron chi connectivity index (χ4n) is 4.37. The smallest absolute Gasteiger partial charge is 0.308 e. The second kappa shape index (κ2) is 13.5. The first-order valence-corrected chi connectivity index (χ1v) is 12.6. The van der Waals surface area contributed by atoms with E-state index in [9.17, 15) is 4.79 Å². The number of carbonyl (C=O) groups is 1. The van der Waals surface area contributed by atoms with Crippen molar-refractivity contribution in [3.05, 3.63) is 114 Å². The van der Waals surface area contributed by atoms with E-state index < -0.39 is 0 Å². The van der Waals surface area contributed by atoms with Gasteiger partial charge in [-0.3, -0.25) is 4.79 Å². The van der Waals surface area contributed by atoms with Gasteiger partial charge in [-0.1, -0.05) is 74.5 Å². The Labute approximate surface area is 243 Å². The summed E-state index contributed by atoms with van der Waals surface area (Å²) in [6.45, 7) is 12.0. The molecule has 0 saturated carbocycles. The summed E-state index contributed by atoms with van der Waals surface area (Å²) in [5.41, 5.74) is 11.0. The van der Waals surface area contributed by atoms with Gasteiger partial charge < -0.3 is 12.2 Å². The van der Waals surface area contributed by atoms with Gasteiger partial charge in [0, 0.05) is 33.0 Å². The van der Waals surface area contributed by atoms with Crippen LogP contribution >= 0.6 is 0 Å². The Balaban J connectivity index is 0.000000529. The Morgan fingerprint density at radius 3 is 1.51 bits per heavy atom. The van der Waals surface area contributed by atoms with E-state index >= 15 is 0 Å². The fourth-order valence-corrected chi connectivity index (χ4v) is 4.37. The molecule has 0 unspecified atom stereocenters. The molecule has 0 amide bonds. The molecule has 0 heterocycles. The van der Waals surface area contributed by atoms with E-state index in [0.29, 0.717) is 0 Å². The Bertz CT molecular complexity index is 1450. The largest absolute Gasteiger partial charge is 0.469 e. The van der Waals surface area contributed by atoms with Gasteiger partial charge in [0.05, 0.1) is 35.8 Å². The summed E-state index contributed by atoms with van der Waals surface area (Å²) in [5, 5.41) is 2.47. The molecule has 0 saturated heterocycles. The average Bonchev–Trinajstić information content (AvgIpc) is 3.17. The number of carbonyl (C=O) groups excluding carboxylic acids is 1. The number of hydrogen-bond acceptors (Lipinski definition) is 4. The van der Waals surface area contributed by atoms with Crippen molar-refractivity contribution in [2.24, 2.45) is 15.9 Å². The van der Waals surface area contributed by atoms with Gasteiger partial charge in [-0.2, -0.15) is 0 Å². The molecule has 0 bridgehead atoms. The number of methoxy groups -OCH3 is 1. The molecule has 4 aromatic carbocycles. The molecule has 5 heteroatoms. The monoisotopic (exact) mass is 563 g/mol. The molecule has 0 N–H and O–H groups in total. The maximum Gasteiger partial charge on any atom is 0.308 e. The predicted octanol–water partition coefficient (Wildman–Crippen LogP) is 8.59. The summed E-state index contributed by atoms with van der Waals surface area (Å²) in [7, 11) is 1.39. The topological polar surface area (TPSA) is 51.0 Å². The van der Waals surface area contributed by atoms with Gasteiger partial charge in [0.25, 0.3) is 0 Å². The van der Waals surface area contributed by atoms with Crippen LogP contribution in [0.5, 0.6) is 0 Å². The molecule has 4 aromatic rings. The van der Waals surface area contributed by atoms with Crippen LogP contribution in [0.1, 0.15) is 47.2 Å². The number of nitrogens with zero attached hydrogens (tertiary/aromatic N) is 2. The minimum atomic E-state index is -0.153. The van der Waals surface area contributed by atoms with Crippen LogP contribution in [0.15, 0.2) is 82.8 Å². The number of aliphatic imine (C=N–C) groups is 2. The number of rotatable bonds is 3. The van der Waals surface area contributed by atoms with Gasteiger partial charge in [-0.25, -0.2) is 9.98 Å². The molecule has 1 aliphatic carbocycles. The molecule has 4 nitrogen and oxygen atoms in total. The molecule has 0 atom stereocenters. The van der Waals surface area contributed by atoms with Gasteiger partial charge in [0.15, 0.2) is 0 Å². The fraction of sp³-hybridized carbons (Fsp3) is 0.235. The molecule has 5 rings (SSSR count). The molecule has 1 aliphatic rings. The molecule has 0 fully saturated rings. The molecule has 0 aromatic heterocycles. The van der Waals surface area contributed by atoms with Crippen molar-refractivity contribution < 1.29 is 26.0 Å². The first-order valence-electron chi connectivity index (χ1n) is 12.6. The molecular formula is C34H37N2NiO2-. The quantitative estimate of drug-likeness (QED) is 0.142. The second-order valence-corrected chi connectivity index (χ2v) is 9.89. The SMILES string of the molecule is COC(=O)C(C)C.Cc1ccc(C)c(N=C2C(=Nc3cc(C)ccc3C)c3cccc4cccc2c34)c1.[CH3-].[Ni]. The number of hydrogen-bond donors (Lipinski definition) is 0. The van der Waals surface area contributed by atoms with Gasteiger partial charge in [0.1, 0.15) is 0 Å². The van der Waals surface area contributed by atoms with Crippen LogP contribution in [0.2, 0.25) is 0 Å². The zero-order valence-corrected chi connectivity index (χ0v) is 25.0. The van der Waals surface area contributed by atoms with Gasteiger partial charge in [-0.05, 0) is 67.5 Å². The van der Waals surface area contributed by atoms with Crippen molar-refractivity contribution in [3.63, 3.8) is 0 Å². The Kier molecular flexibility index (Phi) is 10.9.